The van der Waals surface area contributed by atoms with E-state index in [9.17, 15) is 32.8 Å². The van der Waals surface area contributed by atoms with E-state index in [4.69, 9.17) is 4.74 Å². The fourth-order valence-corrected chi connectivity index (χ4v) is 4.51. The number of urea groups is 1. The molecule has 5 rings (SSSR count). The van der Waals surface area contributed by atoms with Crippen LogP contribution >= 0.6 is 0 Å². The average molecular weight is 584 g/mol. The van der Waals surface area contributed by atoms with E-state index in [1.807, 2.05) is 0 Å². The largest absolute Gasteiger partial charge is 0.861 e. The summed E-state index contributed by atoms with van der Waals surface area (Å²) >= 11 is 0. The van der Waals surface area contributed by atoms with Gasteiger partial charge in [-0.05, 0) is 61.9 Å². The van der Waals surface area contributed by atoms with Crippen molar-refractivity contribution in [3.8, 4) is 5.75 Å². The smallest absolute Gasteiger partial charge is 0.322 e. The molecule has 2 aliphatic heterocycles. The van der Waals surface area contributed by atoms with Gasteiger partial charge in [-0.25, -0.2) is 18.0 Å². The van der Waals surface area contributed by atoms with Crippen molar-refractivity contribution in [2.45, 2.75) is 31.7 Å². The summed E-state index contributed by atoms with van der Waals surface area (Å²) in [7, 11) is 0. The Balaban J connectivity index is 1.23. The first-order valence-corrected chi connectivity index (χ1v) is 13.2. The lowest BCUT2D eigenvalue weighted by Gasteiger charge is -2.29. The normalized spacial score (nSPS) is 18.3. The predicted octanol–water partition coefficient (Wildman–Crippen LogP) is 3.56. The Hall–Kier alpha value is -4.88. The number of ether oxygens (including phenoxy) is 1. The fraction of sp³-hybridized carbons (Fsp3) is 0.321. The van der Waals surface area contributed by atoms with E-state index in [2.05, 4.69) is 26.1 Å². The topological polar surface area (TPSA) is 148 Å². The number of halogens is 3. The number of carbonyl (C=O) groups is 2. The molecule has 1 aliphatic carbocycles. The van der Waals surface area contributed by atoms with Crippen LogP contribution in [0.4, 0.5) is 29.3 Å². The Labute approximate surface area is 238 Å². The Kier molecular flexibility index (Phi) is 8.13. The molecule has 3 aliphatic rings. The first-order chi connectivity index (χ1) is 20.2. The van der Waals surface area contributed by atoms with E-state index in [-0.39, 0.29) is 42.7 Å². The number of anilines is 1. The van der Waals surface area contributed by atoms with Crippen LogP contribution in [0.15, 0.2) is 70.3 Å². The molecule has 2 aromatic carbocycles. The number of nitrogens with one attached hydrogen (secondary N) is 3. The Bertz CT molecular complexity index is 1480. The highest BCUT2D eigenvalue weighted by Gasteiger charge is 2.50. The van der Waals surface area contributed by atoms with Crippen molar-refractivity contribution in [2.24, 2.45) is 15.6 Å². The molecule has 3 amide bonds. The van der Waals surface area contributed by atoms with Crippen LogP contribution in [0.25, 0.3) is 0 Å². The standard InChI is InChI=1S/C28H27F3N6O5/c29-16-1-3-17(4-2-16)33-25(38)28(8-9-28)26(39)34-22-14-21(31)23(15-20(22)30)42-19-5-10-32-24(13-19)35-27(40)37-11-6-18(36-41)7-12-37/h1-5,13-15,18,32H,6-12H2,(H,33,38)(H,34,39)(H,35,40)/p-1. The van der Waals surface area contributed by atoms with Crippen molar-refractivity contribution in [1.29, 1.82) is 0 Å². The molecular formula is C28H26F3N6O5-. The number of hydrogen-bond donors (Lipinski definition) is 3. The van der Waals surface area contributed by atoms with Gasteiger partial charge in [0.2, 0.25) is 5.91 Å². The molecule has 14 heteroatoms. The van der Waals surface area contributed by atoms with Crippen LogP contribution in [0.3, 0.4) is 0 Å². The third kappa shape index (κ3) is 6.37. The van der Waals surface area contributed by atoms with Crippen molar-refractivity contribution in [1.82, 2.24) is 15.5 Å². The molecule has 11 nitrogen and oxygen atoms in total. The number of carbonyl (C=O) groups excluding carboxylic acids is 2. The summed E-state index contributed by atoms with van der Waals surface area (Å²) in [6.45, 7) is 0.977. The zero-order valence-electron chi connectivity index (χ0n) is 22.2. The number of benzene rings is 2. The maximum Gasteiger partial charge on any atom is 0.322 e. The number of aliphatic imine (C=N–C) groups is 1. The first-order valence-electron chi connectivity index (χ1n) is 13.2. The van der Waals surface area contributed by atoms with Gasteiger partial charge in [-0.15, -0.1) is 0 Å². The molecule has 0 atom stereocenters. The molecule has 2 fully saturated rings. The Morgan fingerprint density at radius 1 is 1.05 bits per heavy atom. The van der Waals surface area contributed by atoms with Crippen molar-refractivity contribution in [3.05, 3.63) is 82.5 Å². The molecule has 2 heterocycles. The van der Waals surface area contributed by atoms with Gasteiger partial charge in [0.25, 0.3) is 0 Å². The number of hydrogen-bond acceptors (Lipinski definition) is 8. The summed E-state index contributed by atoms with van der Waals surface area (Å²) in [4.78, 5) is 41.2. The Morgan fingerprint density at radius 2 is 1.76 bits per heavy atom. The molecule has 0 bridgehead atoms. The maximum absolute atomic E-state index is 14.9. The van der Waals surface area contributed by atoms with Crippen molar-refractivity contribution >= 4 is 29.2 Å². The highest BCUT2D eigenvalue weighted by Crippen LogP contribution is 2.47. The molecule has 3 N–H and O–H groups in total. The van der Waals surface area contributed by atoms with Crippen LogP contribution in [-0.2, 0) is 4.79 Å². The first kappa shape index (κ1) is 28.6. The van der Waals surface area contributed by atoms with Crippen molar-refractivity contribution in [2.75, 3.05) is 25.0 Å². The monoisotopic (exact) mass is 583 g/mol. The summed E-state index contributed by atoms with van der Waals surface area (Å²) in [6.07, 6.45) is 4.25. The fourth-order valence-electron chi connectivity index (χ4n) is 4.51. The summed E-state index contributed by atoms with van der Waals surface area (Å²) in [5.41, 5.74) is -1.83. The van der Waals surface area contributed by atoms with Crippen LogP contribution in [0, 0.1) is 27.8 Å². The lowest BCUT2D eigenvalue weighted by Crippen LogP contribution is -2.47. The van der Waals surface area contributed by atoms with E-state index in [1.165, 1.54) is 18.2 Å². The van der Waals surface area contributed by atoms with E-state index < -0.39 is 52.1 Å². The van der Waals surface area contributed by atoms with Crippen LogP contribution in [0.5, 0.6) is 5.75 Å². The Morgan fingerprint density at radius 3 is 2.43 bits per heavy atom. The minimum absolute atomic E-state index is 0.126. The average Bonchev–Trinajstić information content (AvgIpc) is 3.80. The second kappa shape index (κ2) is 11.9. The van der Waals surface area contributed by atoms with Gasteiger partial charge in [-0.1, -0.05) is 5.18 Å². The highest BCUT2D eigenvalue weighted by molar-refractivity contribution is 6.12. The third-order valence-corrected chi connectivity index (χ3v) is 7.17. The van der Waals surface area contributed by atoms with Gasteiger partial charge in [-0.2, -0.15) is 4.91 Å². The molecule has 0 radical (unpaired) electrons. The minimum atomic E-state index is -1.51. The summed E-state index contributed by atoms with van der Waals surface area (Å²) < 4.78 is 48.4. The maximum atomic E-state index is 14.9. The molecule has 0 aromatic heterocycles. The molecule has 1 saturated carbocycles. The molecular weight excluding hydrogens is 557 g/mol. The molecule has 1 saturated heterocycles. The van der Waals surface area contributed by atoms with E-state index in [0.717, 1.165) is 18.2 Å². The van der Waals surface area contributed by atoms with Gasteiger partial charge < -0.3 is 25.4 Å². The van der Waals surface area contributed by atoms with Gasteiger partial charge in [0, 0.05) is 43.5 Å². The van der Waals surface area contributed by atoms with Crippen molar-refractivity contribution < 1.29 is 32.6 Å². The van der Waals surface area contributed by atoms with Gasteiger partial charge in [0.1, 0.15) is 23.1 Å². The van der Waals surface area contributed by atoms with Crippen molar-refractivity contribution in [3.63, 3.8) is 0 Å². The number of allylic oxidation sites excluding steroid dienone is 1. The molecule has 2 aromatic rings. The van der Waals surface area contributed by atoms with Gasteiger partial charge >= 0.3 is 6.03 Å². The molecule has 0 unspecified atom stereocenters. The van der Waals surface area contributed by atoms with Crippen LogP contribution in [0.1, 0.15) is 25.7 Å². The number of amides is 3. The zero-order valence-corrected chi connectivity index (χ0v) is 22.2. The van der Waals surface area contributed by atoms with Crippen LogP contribution in [-0.4, -0.2) is 48.4 Å². The number of nitrogens with zero attached hydrogens (tertiary/aromatic N) is 3. The highest BCUT2D eigenvalue weighted by atomic mass is 19.1. The number of nitroso groups, excluding NO2 is 1. The second-order valence-corrected chi connectivity index (χ2v) is 10.1. The van der Waals surface area contributed by atoms with Crippen LogP contribution < -0.4 is 25.8 Å². The number of piperidine rings is 1. The van der Waals surface area contributed by atoms with E-state index in [1.54, 1.807) is 11.0 Å². The van der Waals surface area contributed by atoms with E-state index >= 15 is 0 Å². The van der Waals surface area contributed by atoms with Crippen LogP contribution in [0.2, 0.25) is 0 Å². The lowest BCUT2D eigenvalue weighted by atomic mass is 10.1. The molecule has 42 heavy (non-hydrogen) atoms. The summed E-state index contributed by atoms with van der Waals surface area (Å²) in [5.74, 6) is -4.22. The van der Waals surface area contributed by atoms with Gasteiger partial charge in [-0.3, -0.25) is 15.1 Å². The third-order valence-electron chi connectivity index (χ3n) is 7.17. The van der Waals surface area contributed by atoms with Gasteiger partial charge in [0.05, 0.1) is 11.5 Å². The lowest BCUT2D eigenvalue weighted by molar-refractivity contribution is -0.224. The minimum Gasteiger partial charge on any atom is -0.861 e. The summed E-state index contributed by atoms with van der Waals surface area (Å²) in [5, 5.41) is 24.0. The molecule has 0 spiro atoms. The van der Waals surface area contributed by atoms with E-state index in [0.29, 0.717) is 32.0 Å². The SMILES string of the molecule is O=NC1CCN(C(=O)NC2=CC(Oc3cc(F)c(N=C([O-])C4(C(=O)Nc5ccc(F)cc5)CC4)cc3F)=CCN2)CC1. The number of rotatable bonds is 8. The number of likely N-dealkylation sites (tertiary alicyclic amines) is 1. The summed E-state index contributed by atoms with van der Waals surface area (Å²) in [6, 6.07) is 5.69. The molecule has 220 valence electrons. The second-order valence-electron chi connectivity index (χ2n) is 10.1. The predicted molar refractivity (Wildman–Crippen MR) is 144 cm³/mol. The number of dihydropyridines is 1. The van der Waals surface area contributed by atoms with Gasteiger partial charge in [0.15, 0.2) is 17.4 Å². The quantitative estimate of drug-likeness (QED) is 0.246. The zero-order chi connectivity index (χ0) is 29.9.